The highest BCUT2D eigenvalue weighted by Gasteiger charge is 2.54. The van der Waals surface area contributed by atoms with E-state index in [1.165, 1.54) is 255 Å². The number of para-hydroxylation sites is 2. The number of anilines is 9. The number of allylic oxidation sites excluding steroid dienone is 3. The lowest BCUT2D eigenvalue weighted by atomic mass is 9.48. The highest BCUT2D eigenvalue weighted by Crippen LogP contribution is 2.72. The number of hydrogen-bond acceptors (Lipinski definition) is 7. The second kappa shape index (κ2) is 23.1. The lowest BCUT2D eigenvalue weighted by Crippen LogP contribution is -2.48. The molecule has 6 heterocycles. The Kier molecular flexibility index (Phi) is 13.2. The molecule has 0 radical (unpaired) electrons. The third kappa shape index (κ3) is 8.97. The van der Waals surface area contributed by atoms with Crippen molar-refractivity contribution < 1.29 is 0 Å². The molecule has 540 valence electrons. The van der Waals surface area contributed by atoms with Gasteiger partial charge in [-0.05, 0) is 243 Å². The van der Waals surface area contributed by atoms with Crippen molar-refractivity contribution in [3.63, 3.8) is 0 Å². The zero-order valence-electron chi connectivity index (χ0n) is 63.3. The van der Waals surface area contributed by atoms with E-state index in [1.807, 2.05) is 45.8 Å². The van der Waals surface area contributed by atoms with Gasteiger partial charge >= 0.3 is 0 Å². The van der Waals surface area contributed by atoms with Gasteiger partial charge in [0.25, 0.3) is 0 Å². The van der Waals surface area contributed by atoms with Crippen LogP contribution in [0.3, 0.4) is 0 Å². The smallest absolute Gasteiger partial charge is 0.0948 e. The molecule has 0 spiro atoms. The van der Waals surface area contributed by atoms with Crippen molar-refractivity contribution in [3.8, 4) is 66.8 Å². The minimum Gasteiger partial charge on any atom is -0.305 e. The fourth-order valence-corrected chi connectivity index (χ4v) is 28.2. The van der Waals surface area contributed by atoms with Gasteiger partial charge in [0.15, 0.2) is 0 Å². The second-order valence-corrected chi connectivity index (χ2v) is 39.6. The van der Waals surface area contributed by atoms with Crippen LogP contribution < -0.4 is 14.7 Å². The van der Waals surface area contributed by atoms with E-state index in [1.54, 1.807) is 0 Å². The molecule has 0 saturated heterocycles. The van der Waals surface area contributed by atoms with Crippen LogP contribution in [0.1, 0.15) is 106 Å². The SMILES string of the molecule is CC1(C)c2ccccc2-c2cc3c(cc21)N(c1c(-c2ccc4c(c2)C2C=CC=CC2S4)cccc1-c1ccc2sc4ccccc4c2c1)c1cc(C24CC5CC(CC(C5)C2)C4)cc2c1N3c1cc3c(cc1N2c1c(-c2ccc4sc5ccccc5c4c2)cccc1-c1ccc2sc4ccccc4c2c1)C(C)(C)c1ccccc1-3. The average molecular weight is 1520 g/mol. The van der Waals surface area contributed by atoms with E-state index in [2.05, 4.69) is 334 Å². The number of rotatable bonds is 7. The summed E-state index contributed by atoms with van der Waals surface area (Å²) in [5, 5.41) is 8.19. The molecule has 2 atom stereocenters. The van der Waals surface area contributed by atoms with Crippen LogP contribution in [0.15, 0.2) is 296 Å². The Balaban J connectivity index is 0.837. The monoisotopic (exact) mass is 1520 g/mol. The van der Waals surface area contributed by atoms with E-state index in [-0.39, 0.29) is 22.2 Å². The van der Waals surface area contributed by atoms with E-state index >= 15 is 0 Å². The molecule has 113 heavy (non-hydrogen) atoms. The van der Waals surface area contributed by atoms with E-state index in [4.69, 9.17) is 0 Å². The molecular formula is C106H77N3S4. The highest BCUT2D eigenvalue weighted by molar-refractivity contribution is 8.00. The zero-order chi connectivity index (χ0) is 74.2. The standard InChI is InChI=1S/C106H77N3S4/c1-104(2)83-29-11-5-19-71(83)77-52-87-89(54-85(77)104)108(101-67(62-35-39-97-79(46-62)73-21-7-13-31-93(73)110-97)25-17-26-68(101)63-36-40-98-80(47-63)74-22-8-14-32-94(74)111-98)91-50-66(106-56-59-43-60(57-106)45-61(44-59)58-106)51-92-103(91)107(87)88-53-78-72-20-6-12-30-84(72)105(3,4)86(78)55-90(88)109(92)102-69(64-37-41-99-81(48-64)75-23-9-15-33-95(75)112-99)27-18-28-70(102)65-38-42-100-82(49-65)76-24-10-16-34-96(76)113-100/h5-42,46-55,59-61,73,93H,43-45,56-58H2,1-4H3. The van der Waals surface area contributed by atoms with Crippen molar-refractivity contribution in [1.82, 2.24) is 0 Å². The summed E-state index contributed by atoms with van der Waals surface area (Å²) >= 11 is 7.74. The first-order chi connectivity index (χ1) is 55.4. The van der Waals surface area contributed by atoms with Crippen LogP contribution in [0.2, 0.25) is 0 Å². The van der Waals surface area contributed by atoms with Crippen LogP contribution in [0.5, 0.6) is 0 Å². The van der Waals surface area contributed by atoms with Crippen molar-refractivity contribution in [3.05, 3.63) is 325 Å². The van der Waals surface area contributed by atoms with Gasteiger partial charge in [-0.25, -0.2) is 0 Å². The predicted octanol–water partition coefficient (Wildman–Crippen LogP) is 31.3. The van der Waals surface area contributed by atoms with Crippen molar-refractivity contribution in [2.75, 3.05) is 14.7 Å². The van der Waals surface area contributed by atoms with Crippen LogP contribution in [0.25, 0.3) is 127 Å². The number of benzene rings is 14. The van der Waals surface area contributed by atoms with Gasteiger partial charge in [-0.3, -0.25) is 0 Å². The lowest BCUT2D eigenvalue weighted by Gasteiger charge is -2.57. The summed E-state index contributed by atoms with van der Waals surface area (Å²) in [6.07, 6.45) is 17.1. The molecule has 7 aliphatic carbocycles. The van der Waals surface area contributed by atoms with Crippen LogP contribution in [-0.4, -0.2) is 5.25 Å². The molecule has 10 aliphatic rings. The van der Waals surface area contributed by atoms with Crippen LogP contribution in [0, 0.1) is 17.8 Å². The third-order valence-electron chi connectivity index (χ3n) is 28.4. The molecular weight excluding hydrogens is 1440 g/mol. The van der Waals surface area contributed by atoms with Gasteiger partial charge < -0.3 is 14.7 Å². The molecule has 3 aromatic heterocycles. The molecule has 3 nitrogen and oxygen atoms in total. The normalized spacial score (nSPS) is 21.0. The topological polar surface area (TPSA) is 9.72 Å². The Bertz CT molecular complexity index is 7040. The predicted molar refractivity (Wildman–Crippen MR) is 484 cm³/mol. The number of hydrogen-bond donors (Lipinski definition) is 0. The summed E-state index contributed by atoms with van der Waals surface area (Å²) in [7, 11) is 0. The minimum absolute atomic E-state index is 0.0336. The number of thiophene rings is 3. The maximum absolute atomic E-state index is 2.88. The van der Waals surface area contributed by atoms with Gasteiger partial charge in [0.2, 0.25) is 0 Å². The molecule has 14 aromatic carbocycles. The molecule has 4 saturated carbocycles. The second-order valence-electron chi connectivity index (χ2n) is 35.1. The Morgan fingerprint density at radius 2 is 0.681 bits per heavy atom. The maximum Gasteiger partial charge on any atom is 0.0948 e. The van der Waals surface area contributed by atoms with Gasteiger partial charge in [0, 0.05) is 110 Å². The first-order valence-electron chi connectivity index (χ1n) is 40.7. The fraction of sp³-hybridized carbons (Fsp3) is 0.170. The molecule has 0 amide bonds. The molecule has 2 unspecified atom stereocenters. The first kappa shape index (κ1) is 64.5. The van der Waals surface area contributed by atoms with Gasteiger partial charge in [-0.2, -0.15) is 0 Å². The summed E-state index contributed by atoms with van der Waals surface area (Å²) in [5.74, 6) is 2.41. The molecule has 27 rings (SSSR count). The quantitative estimate of drug-likeness (QED) is 0.157. The number of thioether (sulfide) groups is 1. The van der Waals surface area contributed by atoms with Crippen molar-refractivity contribution in [2.45, 2.75) is 98.5 Å². The highest BCUT2D eigenvalue weighted by atomic mass is 32.2. The van der Waals surface area contributed by atoms with E-state index in [9.17, 15) is 0 Å². The van der Waals surface area contributed by atoms with Gasteiger partial charge in [0.05, 0.1) is 51.2 Å². The maximum atomic E-state index is 2.88. The largest absolute Gasteiger partial charge is 0.305 e. The molecule has 0 N–H and O–H groups in total. The summed E-state index contributed by atoms with van der Waals surface area (Å²) in [4.78, 5) is 9.97. The minimum atomic E-state index is -0.316. The van der Waals surface area contributed by atoms with E-state index < -0.39 is 0 Å². The van der Waals surface area contributed by atoms with Crippen molar-refractivity contribution >= 4 is 157 Å². The first-order valence-corrected chi connectivity index (χ1v) is 44.1. The van der Waals surface area contributed by atoms with Gasteiger partial charge in [-0.1, -0.05) is 216 Å². The summed E-state index contributed by atoms with van der Waals surface area (Å²) in [5.41, 5.74) is 33.5. The molecule has 17 aromatic rings. The fourth-order valence-electron chi connectivity index (χ4n) is 23.6. The summed E-state index contributed by atoms with van der Waals surface area (Å²) < 4.78 is 7.87. The lowest BCUT2D eigenvalue weighted by molar-refractivity contribution is -0.00514. The van der Waals surface area contributed by atoms with Crippen LogP contribution in [-0.2, 0) is 16.2 Å². The summed E-state index contributed by atoms with van der Waals surface area (Å²) in [6.45, 7) is 9.95. The number of fused-ring (bicyclic) bond motifs is 22. The molecule has 3 aliphatic heterocycles. The van der Waals surface area contributed by atoms with Crippen LogP contribution in [0.4, 0.5) is 51.2 Å². The summed E-state index contributed by atoms with van der Waals surface area (Å²) in [6, 6.07) is 107. The zero-order valence-corrected chi connectivity index (χ0v) is 66.6. The van der Waals surface area contributed by atoms with E-state index in [0.29, 0.717) is 23.0 Å². The Labute approximate surface area is 674 Å². The molecule has 4 fully saturated rings. The Hall–Kier alpha value is -11.0. The third-order valence-corrected chi connectivity index (χ3v) is 33.2. The Morgan fingerprint density at radius 3 is 1.15 bits per heavy atom. The Morgan fingerprint density at radius 1 is 0.301 bits per heavy atom. The van der Waals surface area contributed by atoms with Gasteiger partial charge in [0.1, 0.15) is 0 Å². The molecule has 7 heteroatoms. The van der Waals surface area contributed by atoms with Crippen molar-refractivity contribution in [2.24, 2.45) is 17.8 Å². The van der Waals surface area contributed by atoms with E-state index in [0.717, 1.165) is 0 Å². The van der Waals surface area contributed by atoms with Gasteiger partial charge in [-0.15, -0.1) is 45.8 Å². The number of nitrogens with zero attached hydrogens (tertiary/aromatic N) is 3. The van der Waals surface area contributed by atoms with Crippen molar-refractivity contribution in [1.29, 1.82) is 0 Å². The molecule has 4 bridgehead atoms. The average Bonchev–Trinajstić information content (AvgIpc) is 1.50. The van der Waals surface area contributed by atoms with Crippen LogP contribution >= 0.6 is 45.8 Å².